The van der Waals surface area contributed by atoms with E-state index in [0.717, 1.165) is 17.7 Å². The molecule has 3 N–H and O–H groups in total. The van der Waals surface area contributed by atoms with Crippen LogP contribution in [0.2, 0.25) is 0 Å². The lowest BCUT2D eigenvalue weighted by atomic mass is 10.1. The van der Waals surface area contributed by atoms with E-state index in [2.05, 4.69) is 34.7 Å². The number of nitrogens with zero attached hydrogens (tertiary/aromatic N) is 1. The van der Waals surface area contributed by atoms with Gasteiger partial charge in [-0.3, -0.25) is 14.9 Å². The maximum absolute atomic E-state index is 12.3. The molecule has 0 radical (unpaired) electrons. The highest BCUT2D eigenvalue weighted by atomic mass is 32.1. The van der Waals surface area contributed by atoms with Crippen molar-refractivity contribution in [3.8, 4) is 0 Å². The number of para-hydroxylation sites is 1. The van der Waals surface area contributed by atoms with Crippen molar-refractivity contribution < 1.29 is 14.7 Å². The number of rotatable bonds is 8. The number of amides is 1. The number of nitrogens with one attached hydrogen (secondary N) is 2. The zero-order valence-corrected chi connectivity index (χ0v) is 16.3. The van der Waals surface area contributed by atoms with E-state index in [1.54, 1.807) is 17.5 Å². The van der Waals surface area contributed by atoms with Crippen molar-refractivity contribution in [2.24, 2.45) is 0 Å². The summed E-state index contributed by atoms with van der Waals surface area (Å²) in [4.78, 5) is 27.2. The van der Waals surface area contributed by atoms with Crippen molar-refractivity contribution in [3.05, 3.63) is 76.3 Å². The van der Waals surface area contributed by atoms with Gasteiger partial charge in [-0.15, -0.1) is 11.3 Å². The third-order valence-electron chi connectivity index (χ3n) is 4.20. The number of thiazole rings is 1. The minimum absolute atomic E-state index is 0.158. The fourth-order valence-electron chi connectivity index (χ4n) is 2.74. The number of benzene rings is 2. The summed E-state index contributed by atoms with van der Waals surface area (Å²) in [5, 5.41) is 16.9. The van der Waals surface area contributed by atoms with Crippen LogP contribution in [0.4, 0.5) is 10.8 Å². The number of hydrogen-bond donors (Lipinski definition) is 3. The molecule has 7 heteroatoms. The van der Waals surface area contributed by atoms with Crippen molar-refractivity contribution in [1.82, 2.24) is 4.98 Å². The molecule has 0 aliphatic rings. The molecule has 28 heavy (non-hydrogen) atoms. The normalized spacial score (nSPS) is 10.5. The van der Waals surface area contributed by atoms with E-state index in [0.29, 0.717) is 22.9 Å². The van der Waals surface area contributed by atoms with Crippen LogP contribution >= 0.6 is 11.3 Å². The van der Waals surface area contributed by atoms with Crippen LogP contribution in [0.15, 0.2) is 53.9 Å². The SMILES string of the molecule is CCc1ccccc1NCc1ccc(C(=O)Nc2nc(CC(=O)O)cs2)cc1. The van der Waals surface area contributed by atoms with E-state index in [-0.39, 0.29) is 12.3 Å². The predicted molar refractivity (Wildman–Crippen MR) is 111 cm³/mol. The second-order valence-electron chi connectivity index (χ2n) is 6.23. The first-order chi connectivity index (χ1) is 13.5. The van der Waals surface area contributed by atoms with Gasteiger partial charge in [0.05, 0.1) is 12.1 Å². The van der Waals surface area contributed by atoms with Crippen LogP contribution in [0.5, 0.6) is 0 Å². The molecule has 144 valence electrons. The quantitative estimate of drug-likeness (QED) is 0.532. The first kappa shape index (κ1) is 19.6. The molecule has 1 heterocycles. The number of carboxylic acids is 1. The summed E-state index contributed by atoms with van der Waals surface area (Å²) in [6.07, 6.45) is 0.808. The molecule has 6 nitrogen and oxygen atoms in total. The van der Waals surface area contributed by atoms with Crippen molar-refractivity contribution >= 4 is 34.0 Å². The fraction of sp³-hybridized carbons (Fsp3) is 0.190. The largest absolute Gasteiger partial charge is 0.481 e. The number of hydrogen-bond acceptors (Lipinski definition) is 5. The van der Waals surface area contributed by atoms with Crippen LogP contribution in [0, 0.1) is 0 Å². The third-order valence-corrected chi connectivity index (χ3v) is 5.01. The smallest absolute Gasteiger partial charge is 0.309 e. The Morgan fingerprint density at radius 3 is 2.57 bits per heavy atom. The Morgan fingerprint density at radius 2 is 1.86 bits per heavy atom. The number of anilines is 2. The monoisotopic (exact) mass is 395 g/mol. The summed E-state index contributed by atoms with van der Waals surface area (Å²) in [5.74, 6) is -1.22. The Hall–Kier alpha value is -3.19. The zero-order chi connectivity index (χ0) is 19.9. The van der Waals surface area contributed by atoms with Gasteiger partial charge < -0.3 is 10.4 Å². The number of aromatic nitrogens is 1. The van der Waals surface area contributed by atoms with Gasteiger partial charge in [0, 0.05) is 23.2 Å². The second kappa shape index (κ2) is 9.14. The molecular formula is C21H21N3O3S. The van der Waals surface area contributed by atoms with Gasteiger partial charge in [0.1, 0.15) is 0 Å². The van der Waals surface area contributed by atoms with Gasteiger partial charge in [0.15, 0.2) is 5.13 Å². The van der Waals surface area contributed by atoms with E-state index in [4.69, 9.17) is 5.11 Å². The molecule has 0 bridgehead atoms. The summed E-state index contributed by atoms with van der Waals surface area (Å²) in [5.41, 5.74) is 4.41. The second-order valence-corrected chi connectivity index (χ2v) is 7.09. The Labute approximate surface area is 167 Å². The van der Waals surface area contributed by atoms with Gasteiger partial charge >= 0.3 is 5.97 Å². The lowest BCUT2D eigenvalue weighted by Crippen LogP contribution is -2.12. The van der Waals surface area contributed by atoms with Gasteiger partial charge in [0.2, 0.25) is 0 Å². The Balaban J connectivity index is 1.58. The molecule has 0 spiro atoms. The third kappa shape index (κ3) is 5.17. The van der Waals surface area contributed by atoms with Crippen LogP contribution in [-0.4, -0.2) is 22.0 Å². The summed E-state index contributed by atoms with van der Waals surface area (Å²) >= 11 is 1.21. The van der Waals surface area contributed by atoms with Gasteiger partial charge in [-0.05, 0) is 35.7 Å². The van der Waals surface area contributed by atoms with Crippen LogP contribution in [0.25, 0.3) is 0 Å². The molecule has 0 aliphatic carbocycles. The molecule has 0 saturated heterocycles. The standard InChI is InChI=1S/C21H21N3O3S/c1-2-15-5-3-4-6-18(15)22-12-14-7-9-16(10-8-14)20(27)24-21-23-17(13-28-21)11-19(25)26/h3-10,13,22H,2,11-12H2,1H3,(H,25,26)(H,23,24,27). The van der Waals surface area contributed by atoms with Gasteiger partial charge in [-0.2, -0.15) is 0 Å². The number of carboxylic acid groups (broad SMARTS) is 1. The lowest BCUT2D eigenvalue weighted by molar-refractivity contribution is -0.136. The Kier molecular flexibility index (Phi) is 6.39. The number of carbonyl (C=O) groups is 2. The molecular weight excluding hydrogens is 374 g/mol. The maximum Gasteiger partial charge on any atom is 0.309 e. The summed E-state index contributed by atoms with van der Waals surface area (Å²) in [6.45, 7) is 2.80. The summed E-state index contributed by atoms with van der Waals surface area (Å²) in [6, 6.07) is 15.6. The summed E-state index contributed by atoms with van der Waals surface area (Å²) in [7, 11) is 0. The number of aryl methyl sites for hydroxylation is 1. The highest BCUT2D eigenvalue weighted by molar-refractivity contribution is 7.14. The van der Waals surface area contributed by atoms with E-state index >= 15 is 0 Å². The molecule has 3 aromatic rings. The number of aliphatic carboxylic acids is 1. The van der Waals surface area contributed by atoms with E-state index < -0.39 is 5.97 Å². The van der Waals surface area contributed by atoms with Crippen molar-refractivity contribution in [3.63, 3.8) is 0 Å². The molecule has 1 amide bonds. The molecule has 0 atom stereocenters. The average molecular weight is 395 g/mol. The van der Waals surface area contributed by atoms with Crippen molar-refractivity contribution in [2.75, 3.05) is 10.6 Å². The molecule has 0 aliphatic heterocycles. The molecule has 2 aromatic carbocycles. The van der Waals surface area contributed by atoms with E-state index in [1.165, 1.54) is 16.9 Å². The first-order valence-electron chi connectivity index (χ1n) is 8.93. The van der Waals surface area contributed by atoms with Crippen molar-refractivity contribution in [2.45, 2.75) is 26.3 Å². The Bertz CT molecular complexity index is 967. The fourth-order valence-corrected chi connectivity index (χ4v) is 3.45. The highest BCUT2D eigenvalue weighted by Gasteiger charge is 2.11. The van der Waals surface area contributed by atoms with Gasteiger partial charge in [0.25, 0.3) is 5.91 Å². The highest BCUT2D eigenvalue weighted by Crippen LogP contribution is 2.18. The van der Waals surface area contributed by atoms with Crippen LogP contribution in [0.1, 0.15) is 34.1 Å². The van der Waals surface area contributed by atoms with Crippen LogP contribution in [-0.2, 0) is 24.2 Å². The van der Waals surface area contributed by atoms with Crippen molar-refractivity contribution in [1.29, 1.82) is 0 Å². The van der Waals surface area contributed by atoms with E-state index in [1.807, 2.05) is 24.3 Å². The minimum atomic E-state index is -0.950. The molecule has 0 saturated carbocycles. The minimum Gasteiger partial charge on any atom is -0.481 e. The number of carbonyl (C=O) groups excluding carboxylic acids is 1. The predicted octanol–water partition coefficient (Wildman–Crippen LogP) is 4.20. The average Bonchev–Trinajstić information content (AvgIpc) is 3.12. The van der Waals surface area contributed by atoms with Gasteiger partial charge in [-0.25, -0.2) is 4.98 Å². The first-order valence-corrected chi connectivity index (χ1v) is 9.81. The molecule has 1 aromatic heterocycles. The molecule has 3 rings (SSSR count). The Morgan fingerprint density at radius 1 is 1.11 bits per heavy atom. The van der Waals surface area contributed by atoms with Gasteiger partial charge in [-0.1, -0.05) is 37.3 Å². The van der Waals surface area contributed by atoms with E-state index in [9.17, 15) is 9.59 Å². The van der Waals surface area contributed by atoms with Crippen LogP contribution in [0.3, 0.4) is 0 Å². The molecule has 0 fully saturated rings. The van der Waals surface area contributed by atoms with Crippen LogP contribution < -0.4 is 10.6 Å². The molecule has 0 unspecified atom stereocenters. The topological polar surface area (TPSA) is 91.3 Å². The zero-order valence-electron chi connectivity index (χ0n) is 15.4. The summed E-state index contributed by atoms with van der Waals surface area (Å²) < 4.78 is 0. The lowest BCUT2D eigenvalue weighted by Gasteiger charge is -2.11. The maximum atomic E-state index is 12.3.